The van der Waals surface area contributed by atoms with Gasteiger partial charge in [-0.1, -0.05) is 72.7 Å². The molecule has 0 aliphatic rings. The summed E-state index contributed by atoms with van der Waals surface area (Å²) in [6, 6.07) is 29.4. The third-order valence-corrected chi connectivity index (χ3v) is 5.28. The van der Waals surface area contributed by atoms with E-state index in [0.29, 0.717) is 49.5 Å². The van der Waals surface area contributed by atoms with Crippen molar-refractivity contribution in [2.24, 2.45) is 0 Å². The van der Waals surface area contributed by atoms with E-state index >= 15 is 0 Å². The number of benzene rings is 3. The highest BCUT2D eigenvalue weighted by molar-refractivity contribution is 5.72. The first-order valence-corrected chi connectivity index (χ1v) is 11.3. The van der Waals surface area contributed by atoms with Crippen molar-refractivity contribution in [3.8, 4) is 41.0 Å². The zero-order valence-corrected chi connectivity index (χ0v) is 19.6. The Labute approximate surface area is 206 Å². The lowest BCUT2D eigenvalue weighted by molar-refractivity contribution is 0.146. The fraction of sp³-hybridized carbons (Fsp3) is 0.167. The van der Waals surface area contributed by atoms with Gasteiger partial charge in [-0.2, -0.15) is 4.98 Å². The molecule has 0 unspecified atom stereocenters. The van der Waals surface area contributed by atoms with Gasteiger partial charge in [0.15, 0.2) is 0 Å². The number of methoxy groups -OCH3 is 1. The van der Waals surface area contributed by atoms with Crippen LogP contribution < -0.4 is 14.2 Å². The van der Waals surface area contributed by atoms with E-state index in [1.54, 1.807) is 7.11 Å². The van der Waals surface area contributed by atoms with Gasteiger partial charge in [-0.3, -0.25) is 0 Å². The summed E-state index contributed by atoms with van der Waals surface area (Å²) in [5.41, 5.74) is 4.47. The molecule has 0 aliphatic carbocycles. The second kappa shape index (κ2) is 12.3. The van der Waals surface area contributed by atoms with Gasteiger partial charge < -0.3 is 18.9 Å². The molecule has 0 saturated carbocycles. The lowest BCUT2D eigenvalue weighted by atomic mass is 10.0. The van der Waals surface area contributed by atoms with Crippen LogP contribution >= 0.6 is 0 Å². The summed E-state index contributed by atoms with van der Waals surface area (Å²) in [5, 5.41) is 0. The van der Waals surface area contributed by atoms with Gasteiger partial charge in [0.1, 0.15) is 25.6 Å². The molecule has 0 fully saturated rings. The highest BCUT2D eigenvalue weighted by Crippen LogP contribution is 2.34. The summed E-state index contributed by atoms with van der Waals surface area (Å²) < 4.78 is 23.1. The number of pyridine rings is 1. The molecule has 0 amide bonds. The van der Waals surface area contributed by atoms with Gasteiger partial charge in [0.05, 0.1) is 12.2 Å². The van der Waals surface area contributed by atoms with Gasteiger partial charge in [0.2, 0.25) is 11.8 Å². The van der Waals surface area contributed by atoms with Crippen molar-refractivity contribution < 1.29 is 18.9 Å². The van der Waals surface area contributed by atoms with Crippen LogP contribution in [0.2, 0.25) is 0 Å². The minimum absolute atomic E-state index is 0.378. The van der Waals surface area contributed by atoms with E-state index in [1.807, 2.05) is 91.0 Å². The molecule has 0 bridgehead atoms. The molecule has 0 N–H and O–H groups in total. The van der Waals surface area contributed by atoms with Crippen LogP contribution in [0, 0.1) is 12.3 Å². The summed E-state index contributed by atoms with van der Waals surface area (Å²) >= 11 is 0. The largest absolute Gasteiger partial charge is 0.490 e. The predicted octanol–water partition coefficient (Wildman–Crippen LogP) is 5.91. The molecule has 176 valence electrons. The van der Waals surface area contributed by atoms with Gasteiger partial charge in [-0.25, -0.2) is 0 Å². The molecule has 1 aromatic heterocycles. The minimum Gasteiger partial charge on any atom is -0.490 e. The van der Waals surface area contributed by atoms with Crippen LogP contribution in [-0.2, 0) is 18.0 Å². The molecule has 0 aliphatic heterocycles. The fourth-order valence-corrected chi connectivity index (χ4v) is 3.45. The zero-order valence-electron chi connectivity index (χ0n) is 19.6. The van der Waals surface area contributed by atoms with Crippen molar-refractivity contribution in [2.75, 3.05) is 20.3 Å². The second-order valence-electron chi connectivity index (χ2n) is 7.75. The Kier molecular flexibility index (Phi) is 8.37. The minimum atomic E-state index is 0.378. The van der Waals surface area contributed by atoms with Crippen LogP contribution in [0.1, 0.15) is 16.7 Å². The Morgan fingerprint density at radius 3 is 2.09 bits per heavy atom. The number of rotatable bonds is 11. The number of terminal acetylenes is 1. The van der Waals surface area contributed by atoms with Crippen LogP contribution in [-0.4, -0.2) is 25.3 Å². The molecule has 0 atom stereocenters. The third-order valence-electron chi connectivity index (χ3n) is 5.28. The van der Waals surface area contributed by atoms with E-state index in [0.717, 1.165) is 22.3 Å². The number of hydrogen-bond acceptors (Lipinski definition) is 5. The van der Waals surface area contributed by atoms with Crippen LogP contribution in [0.5, 0.6) is 17.5 Å². The van der Waals surface area contributed by atoms with E-state index in [9.17, 15) is 0 Å². The molecule has 0 spiro atoms. The van der Waals surface area contributed by atoms with Crippen molar-refractivity contribution in [3.05, 3.63) is 108 Å². The van der Waals surface area contributed by atoms with Gasteiger partial charge in [0, 0.05) is 18.7 Å². The molecule has 4 rings (SSSR count). The molecule has 3 aromatic carbocycles. The highest BCUT2D eigenvalue weighted by Gasteiger charge is 2.14. The lowest BCUT2D eigenvalue weighted by Gasteiger charge is -2.15. The maximum Gasteiger partial charge on any atom is 0.225 e. The third kappa shape index (κ3) is 6.63. The topological polar surface area (TPSA) is 49.8 Å². The van der Waals surface area contributed by atoms with Gasteiger partial charge >= 0.3 is 0 Å². The van der Waals surface area contributed by atoms with E-state index in [-0.39, 0.29) is 0 Å². The summed E-state index contributed by atoms with van der Waals surface area (Å²) in [6.07, 6.45) is 5.67. The maximum absolute atomic E-state index is 6.17. The van der Waals surface area contributed by atoms with Crippen LogP contribution in [0.3, 0.4) is 0 Å². The molecule has 35 heavy (non-hydrogen) atoms. The van der Waals surface area contributed by atoms with Crippen molar-refractivity contribution in [1.82, 2.24) is 4.98 Å². The average molecular weight is 466 g/mol. The molecule has 0 radical (unpaired) electrons. The Morgan fingerprint density at radius 1 is 0.743 bits per heavy atom. The monoisotopic (exact) mass is 465 g/mol. The highest BCUT2D eigenvalue weighted by atomic mass is 16.5. The molecule has 4 aromatic rings. The lowest BCUT2D eigenvalue weighted by Crippen LogP contribution is -2.06. The second-order valence-corrected chi connectivity index (χ2v) is 7.75. The summed E-state index contributed by atoms with van der Waals surface area (Å²) in [5.74, 6) is 4.23. The predicted molar refractivity (Wildman–Crippen MR) is 137 cm³/mol. The summed E-state index contributed by atoms with van der Waals surface area (Å²) in [4.78, 5) is 4.68. The SMILES string of the molecule is C#Cc1ccc(-c2ccc(OCc3ccccc3)nc2OCc2ccccc2)cc1OCCOC. The number of ether oxygens (including phenoxy) is 4. The number of nitrogens with zero attached hydrogens (tertiary/aromatic N) is 1. The normalized spacial score (nSPS) is 10.4. The standard InChI is InChI=1S/C30H27NO4/c1-3-25-14-15-26(20-28(25)33-19-18-32-2)27-16-17-29(34-21-23-10-6-4-7-11-23)31-30(27)35-22-24-12-8-5-9-13-24/h1,4-17,20H,18-19,21-22H2,2H3. The first kappa shape index (κ1) is 23.9. The first-order valence-electron chi connectivity index (χ1n) is 11.3. The molecule has 0 saturated heterocycles. The quantitative estimate of drug-likeness (QED) is 0.203. The molecule has 1 heterocycles. The van der Waals surface area contributed by atoms with Gasteiger partial charge in [-0.05, 0) is 34.9 Å². The van der Waals surface area contributed by atoms with Crippen LogP contribution in [0.15, 0.2) is 91.0 Å². The average Bonchev–Trinajstić information content (AvgIpc) is 2.92. The van der Waals surface area contributed by atoms with E-state index in [4.69, 9.17) is 25.4 Å². The van der Waals surface area contributed by atoms with E-state index in [2.05, 4.69) is 10.9 Å². The van der Waals surface area contributed by atoms with Crippen molar-refractivity contribution in [2.45, 2.75) is 13.2 Å². The number of hydrogen-bond donors (Lipinski definition) is 0. The van der Waals surface area contributed by atoms with Gasteiger partial charge in [0.25, 0.3) is 0 Å². The zero-order chi connectivity index (χ0) is 24.3. The van der Waals surface area contributed by atoms with Gasteiger partial charge in [-0.15, -0.1) is 6.42 Å². The molecular weight excluding hydrogens is 438 g/mol. The molecule has 5 heteroatoms. The Balaban J connectivity index is 1.62. The van der Waals surface area contributed by atoms with E-state index in [1.165, 1.54) is 0 Å². The van der Waals surface area contributed by atoms with Crippen LogP contribution in [0.4, 0.5) is 0 Å². The molecular formula is C30H27NO4. The summed E-state index contributed by atoms with van der Waals surface area (Å²) in [7, 11) is 1.63. The Hall–Kier alpha value is -4.27. The van der Waals surface area contributed by atoms with Crippen molar-refractivity contribution >= 4 is 0 Å². The summed E-state index contributed by atoms with van der Waals surface area (Å²) in [6.45, 7) is 1.66. The number of aromatic nitrogens is 1. The smallest absolute Gasteiger partial charge is 0.225 e. The maximum atomic E-state index is 6.17. The van der Waals surface area contributed by atoms with E-state index < -0.39 is 0 Å². The Bertz CT molecular complexity index is 1270. The first-order chi connectivity index (χ1) is 17.3. The molecule has 5 nitrogen and oxygen atoms in total. The van der Waals surface area contributed by atoms with Crippen LogP contribution in [0.25, 0.3) is 11.1 Å². The van der Waals surface area contributed by atoms with Crippen molar-refractivity contribution in [1.29, 1.82) is 0 Å². The fourth-order valence-electron chi connectivity index (χ4n) is 3.45. The Morgan fingerprint density at radius 2 is 1.43 bits per heavy atom. The van der Waals surface area contributed by atoms with Crippen molar-refractivity contribution in [3.63, 3.8) is 0 Å².